The number of anilines is 1. The zero-order valence-electron chi connectivity index (χ0n) is 20.0. The van der Waals surface area contributed by atoms with Gasteiger partial charge in [-0.05, 0) is 81.2 Å². The maximum absolute atomic E-state index is 13.3. The van der Waals surface area contributed by atoms with Gasteiger partial charge in [0.1, 0.15) is 6.61 Å². The zero-order chi connectivity index (χ0) is 26.8. The first-order valence-electron chi connectivity index (χ1n) is 11.6. The summed E-state index contributed by atoms with van der Waals surface area (Å²) in [4.78, 5) is 15.2. The van der Waals surface area contributed by atoms with E-state index >= 15 is 0 Å². The van der Waals surface area contributed by atoms with Crippen LogP contribution in [0.3, 0.4) is 0 Å². The fourth-order valence-corrected chi connectivity index (χ4v) is 6.48. The number of carbonyl (C=O) groups is 1. The number of benzene rings is 4. The van der Waals surface area contributed by atoms with E-state index in [1.165, 1.54) is 16.7 Å². The van der Waals surface area contributed by atoms with Gasteiger partial charge in [0.15, 0.2) is 15.8 Å². The van der Waals surface area contributed by atoms with Gasteiger partial charge in [-0.1, -0.05) is 89.6 Å². The van der Waals surface area contributed by atoms with Gasteiger partial charge in [0, 0.05) is 5.02 Å². The highest BCUT2D eigenvalue weighted by atomic mass is 79.9. The number of amides is 1. The van der Waals surface area contributed by atoms with Crippen LogP contribution in [0.4, 0.5) is 5.69 Å². The monoisotopic (exact) mass is 643 g/mol. The molecule has 1 heterocycles. The van der Waals surface area contributed by atoms with Gasteiger partial charge in [0.2, 0.25) is 0 Å². The summed E-state index contributed by atoms with van der Waals surface area (Å²) in [6.45, 7) is 2.74. The van der Waals surface area contributed by atoms with Crippen LogP contribution in [0.2, 0.25) is 10.0 Å². The number of halogens is 3. The predicted octanol–water partition coefficient (Wildman–Crippen LogP) is 9.29. The molecule has 0 aliphatic carbocycles. The lowest BCUT2D eigenvalue weighted by Crippen LogP contribution is -2.27. The third kappa shape index (κ3) is 5.58. The van der Waals surface area contributed by atoms with Gasteiger partial charge in [-0.25, -0.2) is 0 Å². The summed E-state index contributed by atoms with van der Waals surface area (Å²) >= 11 is 22.7. The topological polar surface area (TPSA) is 38.8 Å². The number of hydrogen-bond acceptors (Lipinski definition) is 5. The van der Waals surface area contributed by atoms with Gasteiger partial charge in [0.25, 0.3) is 5.91 Å². The van der Waals surface area contributed by atoms with E-state index in [0.717, 1.165) is 21.9 Å². The third-order valence-corrected chi connectivity index (χ3v) is 8.25. The SMILES string of the molecule is CCOc1cc(/C=C2\SC(=S)N(c3ccc(Cl)cc3Cl)C2=O)cc(Br)c1OCc1cccc2ccccc12. The minimum absolute atomic E-state index is 0.255. The van der Waals surface area contributed by atoms with Crippen LogP contribution < -0.4 is 14.4 Å². The normalized spacial score (nSPS) is 14.5. The number of nitrogens with zero attached hydrogens (tertiary/aromatic N) is 1. The first-order valence-corrected chi connectivity index (χ1v) is 14.4. The Labute approximate surface area is 248 Å². The van der Waals surface area contributed by atoms with Gasteiger partial charge in [-0.3, -0.25) is 9.69 Å². The maximum Gasteiger partial charge on any atom is 0.270 e. The van der Waals surface area contributed by atoms with E-state index in [0.29, 0.717) is 54.1 Å². The minimum Gasteiger partial charge on any atom is -0.490 e. The fraction of sp³-hybridized carbons (Fsp3) is 0.103. The summed E-state index contributed by atoms with van der Waals surface area (Å²) < 4.78 is 13.3. The number of thiocarbonyl (C=S) groups is 1. The quantitative estimate of drug-likeness (QED) is 0.148. The molecule has 0 atom stereocenters. The van der Waals surface area contributed by atoms with E-state index in [1.54, 1.807) is 24.3 Å². The van der Waals surface area contributed by atoms with Gasteiger partial charge < -0.3 is 9.47 Å². The molecule has 0 saturated carbocycles. The molecule has 4 aromatic rings. The summed E-state index contributed by atoms with van der Waals surface area (Å²) in [6, 6.07) is 23.1. The molecule has 0 N–H and O–H groups in total. The molecule has 4 aromatic carbocycles. The number of fused-ring (bicyclic) bond motifs is 1. The van der Waals surface area contributed by atoms with Crippen molar-refractivity contribution in [2.45, 2.75) is 13.5 Å². The van der Waals surface area contributed by atoms with Crippen LogP contribution in [0.25, 0.3) is 16.8 Å². The molecule has 1 amide bonds. The number of ether oxygens (including phenoxy) is 2. The summed E-state index contributed by atoms with van der Waals surface area (Å²) in [5.41, 5.74) is 2.34. The van der Waals surface area contributed by atoms with Crippen LogP contribution in [0, 0.1) is 0 Å². The number of thioether (sulfide) groups is 1. The molecule has 1 aliphatic rings. The standard InChI is InChI=1S/C29H20BrCl2NO3S2/c1-2-35-25-13-17(14-26-28(34)33(29(37)38-26)24-11-10-20(31)15-23(24)32)12-22(30)27(25)36-16-19-8-5-7-18-6-3-4-9-21(18)19/h3-15H,2,16H2,1H3/b26-14-. The largest absolute Gasteiger partial charge is 0.490 e. The Morgan fingerprint density at radius 2 is 1.82 bits per heavy atom. The average molecular weight is 645 g/mol. The van der Waals surface area contributed by atoms with Gasteiger partial charge in [-0.15, -0.1) is 0 Å². The van der Waals surface area contributed by atoms with Crippen molar-refractivity contribution >= 4 is 95.9 Å². The second kappa shape index (κ2) is 11.7. The average Bonchev–Trinajstić information content (AvgIpc) is 3.16. The van der Waals surface area contributed by atoms with Crippen LogP contribution in [0.15, 0.2) is 82.2 Å². The van der Waals surface area contributed by atoms with Gasteiger partial charge >= 0.3 is 0 Å². The van der Waals surface area contributed by atoms with Gasteiger partial charge in [0.05, 0.1) is 26.7 Å². The molecule has 0 unspecified atom stereocenters. The lowest BCUT2D eigenvalue weighted by molar-refractivity contribution is -0.113. The van der Waals surface area contributed by atoms with E-state index in [2.05, 4.69) is 40.2 Å². The Hall–Kier alpha value is -2.55. The smallest absolute Gasteiger partial charge is 0.270 e. The molecule has 0 radical (unpaired) electrons. The Morgan fingerprint density at radius 3 is 2.61 bits per heavy atom. The molecule has 1 saturated heterocycles. The molecule has 0 spiro atoms. The summed E-state index contributed by atoms with van der Waals surface area (Å²) in [7, 11) is 0. The lowest BCUT2D eigenvalue weighted by Gasteiger charge is -2.16. The van der Waals surface area contributed by atoms with Crippen LogP contribution >= 0.6 is 63.1 Å². The van der Waals surface area contributed by atoms with Crippen molar-refractivity contribution in [1.82, 2.24) is 0 Å². The maximum atomic E-state index is 13.3. The molecule has 1 aliphatic heterocycles. The highest BCUT2D eigenvalue weighted by Crippen LogP contribution is 2.42. The van der Waals surface area contributed by atoms with E-state index in [4.69, 9.17) is 44.9 Å². The van der Waals surface area contributed by atoms with Crippen LogP contribution in [0.1, 0.15) is 18.1 Å². The van der Waals surface area contributed by atoms with E-state index in [1.807, 2.05) is 37.3 Å². The van der Waals surface area contributed by atoms with Crippen molar-refractivity contribution in [1.29, 1.82) is 0 Å². The summed E-state index contributed by atoms with van der Waals surface area (Å²) in [6.07, 6.45) is 1.78. The molecule has 4 nitrogen and oxygen atoms in total. The molecule has 192 valence electrons. The molecule has 0 bridgehead atoms. The Balaban J connectivity index is 1.43. The van der Waals surface area contributed by atoms with Crippen LogP contribution in [-0.2, 0) is 11.4 Å². The van der Waals surface area contributed by atoms with E-state index in [-0.39, 0.29) is 5.91 Å². The minimum atomic E-state index is -0.255. The first kappa shape index (κ1) is 27.0. The molecular formula is C29H20BrCl2NO3S2. The zero-order valence-corrected chi connectivity index (χ0v) is 24.8. The third-order valence-electron chi connectivity index (χ3n) is 5.83. The Morgan fingerprint density at radius 1 is 1.03 bits per heavy atom. The molecule has 5 rings (SSSR count). The van der Waals surface area contributed by atoms with Crippen molar-refractivity contribution in [2.24, 2.45) is 0 Å². The molecule has 0 aromatic heterocycles. The van der Waals surface area contributed by atoms with Crippen LogP contribution in [-0.4, -0.2) is 16.8 Å². The fourth-order valence-electron chi connectivity index (χ4n) is 4.13. The predicted molar refractivity (Wildman–Crippen MR) is 166 cm³/mol. The molecular weight excluding hydrogens is 625 g/mol. The van der Waals surface area contributed by atoms with Gasteiger partial charge in [-0.2, -0.15) is 0 Å². The van der Waals surface area contributed by atoms with E-state index < -0.39 is 0 Å². The Bertz CT molecular complexity index is 1600. The van der Waals surface area contributed by atoms with Crippen LogP contribution in [0.5, 0.6) is 11.5 Å². The Kier molecular flexibility index (Phi) is 8.31. The number of rotatable bonds is 7. The van der Waals surface area contributed by atoms with Crippen molar-refractivity contribution in [2.75, 3.05) is 11.5 Å². The van der Waals surface area contributed by atoms with Crippen molar-refractivity contribution in [3.05, 3.63) is 103 Å². The van der Waals surface area contributed by atoms with Crippen molar-refractivity contribution in [3.8, 4) is 11.5 Å². The molecule has 9 heteroatoms. The number of hydrogen-bond donors (Lipinski definition) is 0. The second-order valence-corrected chi connectivity index (χ2v) is 11.7. The lowest BCUT2D eigenvalue weighted by atomic mass is 10.1. The highest BCUT2D eigenvalue weighted by Gasteiger charge is 2.34. The molecule has 38 heavy (non-hydrogen) atoms. The summed E-state index contributed by atoms with van der Waals surface area (Å²) in [5.74, 6) is 0.914. The van der Waals surface area contributed by atoms with Crippen molar-refractivity contribution < 1.29 is 14.3 Å². The molecule has 1 fully saturated rings. The highest BCUT2D eigenvalue weighted by molar-refractivity contribution is 9.10. The summed E-state index contributed by atoms with van der Waals surface area (Å²) in [5, 5.41) is 3.13. The van der Waals surface area contributed by atoms with E-state index in [9.17, 15) is 4.79 Å². The van der Waals surface area contributed by atoms with Crippen molar-refractivity contribution in [3.63, 3.8) is 0 Å². The number of carbonyl (C=O) groups excluding carboxylic acids is 1. The second-order valence-electron chi connectivity index (χ2n) is 8.30. The first-order chi connectivity index (χ1) is 18.4.